The number of nitrogen functional groups attached to an aromatic ring is 1. The molecule has 0 radical (unpaired) electrons. The average Bonchev–Trinajstić information content (AvgIpc) is 2.80. The van der Waals surface area contributed by atoms with Crippen molar-refractivity contribution in [3.63, 3.8) is 0 Å². The highest BCUT2D eigenvalue weighted by Crippen LogP contribution is 2.40. The molecule has 6 heteroatoms. The van der Waals surface area contributed by atoms with Crippen molar-refractivity contribution < 1.29 is 8.91 Å². The lowest BCUT2D eigenvalue weighted by atomic mass is 10.0. The standard InChI is InChI=1S/C15H9BrClFN2O/c16-9-4-1-3-8(7-9)12-14(20-21-15(12)19)13-10(17)5-2-6-11(13)18/h1-7H,19H2. The van der Waals surface area contributed by atoms with E-state index >= 15 is 0 Å². The fourth-order valence-electron chi connectivity index (χ4n) is 2.12. The van der Waals surface area contributed by atoms with Crippen LogP contribution in [0.25, 0.3) is 22.4 Å². The Balaban J connectivity index is 2.27. The van der Waals surface area contributed by atoms with Crippen molar-refractivity contribution in [1.29, 1.82) is 0 Å². The zero-order chi connectivity index (χ0) is 15.0. The van der Waals surface area contributed by atoms with Crippen LogP contribution >= 0.6 is 27.5 Å². The zero-order valence-electron chi connectivity index (χ0n) is 10.6. The van der Waals surface area contributed by atoms with Crippen molar-refractivity contribution in [2.24, 2.45) is 0 Å². The molecule has 0 spiro atoms. The van der Waals surface area contributed by atoms with Gasteiger partial charge in [-0.2, -0.15) is 0 Å². The van der Waals surface area contributed by atoms with Gasteiger partial charge in [-0.15, -0.1) is 0 Å². The minimum atomic E-state index is -0.480. The first kappa shape index (κ1) is 14.1. The van der Waals surface area contributed by atoms with Gasteiger partial charge in [-0.25, -0.2) is 4.39 Å². The number of aromatic nitrogens is 1. The van der Waals surface area contributed by atoms with Crippen LogP contribution in [0.15, 0.2) is 51.5 Å². The molecule has 2 N–H and O–H groups in total. The van der Waals surface area contributed by atoms with Gasteiger partial charge in [-0.05, 0) is 29.8 Å². The van der Waals surface area contributed by atoms with Crippen LogP contribution in [0.5, 0.6) is 0 Å². The second-order valence-corrected chi connectivity index (χ2v) is 5.70. The Morgan fingerprint density at radius 1 is 1.14 bits per heavy atom. The Bertz CT molecular complexity index is 799. The van der Waals surface area contributed by atoms with E-state index < -0.39 is 5.82 Å². The first-order chi connectivity index (χ1) is 10.1. The Hall–Kier alpha value is -1.85. The molecular weight excluding hydrogens is 359 g/mol. The molecule has 0 saturated heterocycles. The molecule has 0 aliphatic rings. The van der Waals surface area contributed by atoms with Gasteiger partial charge < -0.3 is 10.3 Å². The van der Waals surface area contributed by atoms with Gasteiger partial charge in [0.15, 0.2) is 0 Å². The number of hydrogen-bond acceptors (Lipinski definition) is 3. The van der Waals surface area contributed by atoms with Gasteiger partial charge in [0.1, 0.15) is 11.5 Å². The average molecular weight is 368 g/mol. The molecule has 0 aliphatic heterocycles. The molecule has 3 nitrogen and oxygen atoms in total. The van der Waals surface area contributed by atoms with E-state index in [4.69, 9.17) is 21.9 Å². The molecule has 3 rings (SSSR count). The van der Waals surface area contributed by atoms with E-state index in [1.165, 1.54) is 12.1 Å². The van der Waals surface area contributed by atoms with Gasteiger partial charge in [0.2, 0.25) is 5.88 Å². The van der Waals surface area contributed by atoms with Crippen LogP contribution in [-0.2, 0) is 0 Å². The third kappa shape index (κ3) is 2.54. The van der Waals surface area contributed by atoms with Crippen molar-refractivity contribution in [1.82, 2.24) is 5.16 Å². The monoisotopic (exact) mass is 366 g/mol. The Morgan fingerprint density at radius 2 is 1.90 bits per heavy atom. The van der Waals surface area contributed by atoms with Crippen LogP contribution in [0.4, 0.5) is 10.3 Å². The molecule has 0 saturated carbocycles. The summed E-state index contributed by atoms with van der Waals surface area (Å²) < 4.78 is 20.0. The summed E-state index contributed by atoms with van der Waals surface area (Å²) in [6.07, 6.45) is 0. The molecule has 0 unspecified atom stereocenters. The van der Waals surface area contributed by atoms with E-state index in [9.17, 15) is 4.39 Å². The number of rotatable bonds is 2. The molecule has 21 heavy (non-hydrogen) atoms. The van der Waals surface area contributed by atoms with Gasteiger partial charge in [-0.1, -0.05) is 50.9 Å². The fourth-order valence-corrected chi connectivity index (χ4v) is 2.77. The van der Waals surface area contributed by atoms with Gasteiger partial charge in [-0.3, -0.25) is 0 Å². The first-order valence-corrected chi connectivity index (χ1v) is 7.20. The summed E-state index contributed by atoms with van der Waals surface area (Å²) in [6.45, 7) is 0. The molecule has 0 fully saturated rings. The van der Waals surface area contributed by atoms with Crippen LogP contribution in [0.3, 0.4) is 0 Å². The van der Waals surface area contributed by atoms with Gasteiger partial charge in [0.05, 0.1) is 16.1 Å². The molecule has 0 atom stereocenters. The highest BCUT2D eigenvalue weighted by atomic mass is 79.9. The highest BCUT2D eigenvalue weighted by molar-refractivity contribution is 9.10. The smallest absolute Gasteiger partial charge is 0.230 e. The van der Waals surface area contributed by atoms with E-state index in [0.29, 0.717) is 5.56 Å². The molecule has 3 aromatic rings. The predicted octanol–water partition coefficient (Wildman–Crippen LogP) is 5.15. The normalized spacial score (nSPS) is 10.8. The van der Waals surface area contributed by atoms with Crippen molar-refractivity contribution in [3.8, 4) is 22.4 Å². The van der Waals surface area contributed by atoms with Crippen molar-refractivity contribution >= 4 is 33.4 Å². The van der Waals surface area contributed by atoms with Crippen LogP contribution in [0.2, 0.25) is 5.02 Å². The second-order valence-electron chi connectivity index (χ2n) is 4.38. The maximum absolute atomic E-state index is 14.1. The van der Waals surface area contributed by atoms with Crippen LogP contribution in [-0.4, -0.2) is 5.16 Å². The molecule has 0 amide bonds. The maximum Gasteiger partial charge on any atom is 0.230 e. The summed E-state index contributed by atoms with van der Waals surface area (Å²) in [6, 6.07) is 11.9. The van der Waals surface area contributed by atoms with E-state index in [2.05, 4.69) is 21.1 Å². The third-order valence-electron chi connectivity index (χ3n) is 3.03. The van der Waals surface area contributed by atoms with E-state index in [1.807, 2.05) is 24.3 Å². The van der Waals surface area contributed by atoms with Crippen molar-refractivity contribution in [2.45, 2.75) is 0 Å². The molecule has 2 aromatic carbocycles. The fraction of sp³-hybridized carbons (Fsp3) is 0. The molecule has 106 valence electrons. The summed E-state index contributed by atoms with van der Waals surface area (Å²) in [7, 11) is 0. The lowest BCUT2D eigenvalue weighted by Crippen LogP contribution is -1.91. The number of nitrogens with two attached hydrogens (primary N) is 1. The van der Waals surface area contributed by atoms with Crippen LogP contribution in [0, 0.1) is 5.82 Å². The predicted molar refractivity (Wildman–Crippen MR) is 84.5 cm³/mol. The summed E-state index contributed by atoms with van der Waals surface area (Å²) in [5.74, 6) is -0.366. The Labute approximate surface area is 133 Å². The number of nitrogens with zero attached hydrogens (tertiary/aromatic N) is 1. The van der Waals surface area contributed by atoms with Gasteiger partial charge >= 0.3 is 0 Å². The molecule has 1 aromatic heterocycles. The van der Waals surface area contributed by atoms with Gasteiger partial charge in [0.25, 0.3) is 0 Å². The number of benzene rings is 2. The maximum atomic E-state index is 14.1. The SMILES string of the molecule is Nc1onc(-c2c(F)cccc2Cl)c1-c1cccc(Br)c1. The Kier molecular flexibility index (Phi) is 3.69. The van der Waals surface area contributed by atoms with E-state index in [0.717, 1.165) is 10.0 Å². The van der Waals surface area contributed by atoms with Gasteiger partial charge in [0, 0.05) is 4.47 Å². The number of halogens is 3. The number of hydrogen-bond donors (Lipinski definition) is 1. The van der Waals surface area contributed by atoms with Crippen molar-refractivity contribution in [3.05, 3.63) is 57.8 Å². The van der Waals surface area contributed by atoms with E-state index in [1.54, 1.807) is 6.07 Å². The Morgan fingerprint density at radius 3 is 2.62 bits per heavy atom. The number of anilines is 1. The minimum Gasteiger partial charge on any atom is -0.367 e. The molecule has 1 heterocycles. The first-order valence-electron chi connectivity index (χ1n) is 6.03. The second kappa shape index (κ2) is 5.50. The quantitative estimate of drug-likeness (QED) is 0.682. The summed E-state index contributed by atoms with van der Waals surface area (Å²) in [4.78, 5) is 0. The topological polar surface area (TPSA) is 52.0 Å². The summed E-state index contributed by atoms with van der Waals surface area (Å²) >= 11 is 9.48. The highest BCUT2D eigenvalue weighted by Gasteiger charge is 2.22. The third-order valence-corrected chi connectivity index (χ3v) is 3.84. The minimum absolute atomic E-state index is 0.113. The van der Waals surface area contributed by atoms with Crippen LogP contribution in [0.1, 0.15) is 0 Å². The van der Waals surface area contributed by atoms with Crippen molar-refractivity contribution in [2.75, 3.05) is 5.73 Å². The molecular formula is C15H9BrClFN2O. The summed E-state index contributed by atoms with van der Waals surface area (Å²) in [5, 5.41) is 4.12. The lowest BCUT2D eigenvalue weighted by Gasteiger charge is -2.06. The zero-order valence-corrected chi connectivity index (χ0v) is 13.0. The van der Waals surface area contributed by atoms with Crippen LogP contribution < -0.4 is 5.73 Å². The molecule has 0 aliphatic carbocycles. The lowest BCUT2D eigenvalue weighted by molar-refractivity contribution is 0.439. The largest absolute Gasteiger partial charge is 0.367 e. The summed E-state index contributed by atoms with van der Waals surface area (Å²) in [5.41, 5.74) is 7.59. The van der Waals surface area contributed by atoms with E-state index in [-0.39, 0.29) is 22.2 Å². The molecule has 0 bridgehead atoms.